The van der Waals surface area contributed by atoms with Gasteiger partial charge in [-0.15, -0.1) is 0 Å². The topological polar surface area (TPSA) is 217 Å². The van der Waals surface area contributed by atoms with Gasteiger partial charge in [-0.2, -0.15) is 0 Å². The number of hydrogen-bond acceptors (Lipinski definition) is 13. The van der Waals surface area contributed by atoms with Crippen LogP contribution in [-0.4, -0.2) is 138 Å². The summed E-state index contributed by atoms with van der Waals surface area (Å²) in [6, 6.07) is -2.21. The zero-order chi connectivity index (χ0) is 32.2. The van der Waals surface area contributed by atoms with E-state index in [1.165, 1.54) is 0 Å². The molecular formula is C30H54N4O10. The molecule has 13 atom stereocenters. The standard InChI is InChI=1S/C30H54N4O10/c1-5-6-17(35)12-41-13-18-8-7-15(2)25(43-18)21-19(31)9-20(34-28(39)22(36)16-10-33-11-16)26(23(21)37)44-29-24(38)27(32-4)30(3,40)14-42-29/h8,15-17,19-27,29,32-33,35-38,40H,5-7,9-14,31H2,1-4H3,(H,34,39). The van der Waals surface area contributed by atoms with E-state index in [0.29, 0.717) is 31.7 Å². The molecule has 10 N–H and O–H groups in total. The van der Waals surface area contributed by atoms with E-state index in [-0.39, 0.29) is 38.1 Å². The molecule has 3 heterocycles. The third-order valence-corrected chi connectivity index (χ3v) is 9.56. The number of aliphatic hydroxyl groups excluding tert-OH is 4. The molecule has 0 aromatic carbocycles. The third kappa shape index (κ3) is 8.10. The summed E-state index contributed by atoms with van der Waals surface area (Å²) in [6.45, 7) is 6.79. The van der Waals surface area contributed by atoms with E-state index in [1.807, 2.05) is 19.9 Å². The second-order valence-corrected chi connectivity index (χ2v) is 13.3. The van der Waals surface area contributed by atoms with Gasteiger partial charge in [-0.1, -0.05) is 20.3 Å². The number of carbonyl (C=O) groups excluding carboxylic acids is 1. The first-order valence-corrected chi connectivity index (χ1v) is 16.0. The first-order chi connectivity index (χ1) is 20.9. The Morgan fingerprint density at radius 2 is 2.00 bits per heavy atom. The molecule has 14 nitrogen and oxygen atoms in total. The van der Waals surface area contributed by atoms with E-state index in [9.17, 15) is 30.3 Å². The van der Waals surface area contributed by atoms with Crippen molar-refractivity contribution in [1.29, 1.82) is 0 Å². The number of amides is 1. The van der Waals surface area contributed by atoms with Gasteiger partial charge in [0.1, 0.15) is 42.4 Å². The van der Waals surface area contributed by atoms with Gasteiger partial charge in [-0.3, -0.25) is 4.79 Å². The molecule has 0 aromatic rings. The Bertz CT molecular complexity index is 968. The van der Waals surface area contributed by atoms with Crippen LogP contribution in [0.4, 0.5) is 0 Å². The second kappa shape index (κ2) is 15.4. The first kappa shape index (κ1) is 35.4. The second-order valence-electron chi connectivity index (χ2n) is 13.3. The summed E-state index contributed by atoms with van der Waals surface area (Å²) in [6.07, 6.45) is -2.88. The highest BCUT2D eigenvalue weighted by Gasteiger charge is 2.53. The van der Waals surface area contributed by atoms with Crippen molar-refractivity contribution in [2.45, 2.75) is 113 Å². The molecule has 14 heteroatoms. The zero-order valence-electron chi connectivity index (χ0n) is 26.3. The minimum absolute atomic E-state index is 0.0184. The molecule has 2 saturated heterocycles. The Balaban J connectivity index is 1.51. The Hall–Kier alpha value is -1.43. The van der Waals surface area contributed by atoms with Crippen LogP contribution < -0.4 is 21.7 Å². The predicted molar refractivity (Wildman–Crippen MR) is 159 cm³/mol. The Labute approximate surface area is 259 Å². The summed E-state index contributed by atoms with van der Waals surface area (Å²) < 4.78 is 24.0. The molecular weight excluding hydrogens is 576 g/mol. The van der Waals surface area contributed by atoms with Crippen LogP contribution in [0.1, 0.15) is 46.5 Å². The van der Waals surface area contributed by atoms with Crippen LogP contribution in [0.25, 0.3) is 0 Å². The van der Waals surface area contributed by atoms with Gasteiger partial charge in [0.25, 0.3) is 0 Å². The average molecular weight is 631 g/mol. The average Bonchev–Trinajstić information content (AvgIpc) is 2.92. The van der Waals surface area contributed by atoms with Crippen molar-refractivity contribution in [1.82, 2.24) is 16.0 Å². The summed E-state index contributed by atoms with van der Waals surface area (Å²) in [5.74, 6) is -0.869. The van der Waals surface area contributed by atoms with Crippen molar-refractivity contribution in [2.75, 3.05) is 40.0 Å². The van der Waals surface area contributed by atoms with Crippen LogP contribution in [0.15, 0.2) is 11.8 Å². The summed E-state index contributed by atoms with van der Waals surface area (Å²) in [4.78, 5) is 13.1. The Kier molecular flexibility index (Phi) is 12.4. The molecule has 13 unspecified atom stereocenters. The molecule has 0 radical (unpaired) electrons. The highest BCUT2D eigenvalue weighted by Crippen LogP contribution is 2.39. The van der Waals surface area contributed by atoms with Gasteiger partial charge in [-0.05, 0) is 45.2 Å². The van der Waals surface area contributed by atoms with Crippen molar-refractivity contribution >= 4 is 5.91 Å². The van der Waals surface area contributed by atoms with Crippen molar-refractivity contribution in [3.8, 4) is 0 Å². The normalized spacial score (nSPS) is 41.2. The maximum absolute atomic E-state index is 13.1. The number of nitrogens with one attached hydrogen (secondary N) is 3. The molecule has 3 aliphatic heterocycles. The smallest absolute Gasteiger partial charge is 0.249 e. The number of rotatable bonds is 13. The maximum Gasteiger partial charge on any atom is 0.249 e. The molecule has 4 aliphatic rings. The monoisotopic (exact) mass is 630 g/mol. The van der Waals surface area contributed by atoms with E-state index in [2.05, 4.69) is 16.0 Å². The fourth-order valence-corrected chi connectivity index (χ4v) is 6.84. The predicted octanol–water partition coefficient (Wildman–Crippen LogP) is -2.31. The fraction of sp³-hybridized carbons (Fsp3) is 0.900. The molecule has 254 valence electrons. The Morgan fingerprint density at radius 1 is 1.27 bits per heavy atom. The van der Waals surface area contributed by atoms with Gasteiger partial charge in [0, 0.05) is 31.0 Å². The molecule has 1 saturated carbocycles. The molecule has 1 amide bonds. The number of carbonyl (C=O) groups is 1. The molecule has 1 aliphatic carbocycles. The van der Waals surface area contributed by atoms with Crippen LogP contribution in [0.5, 0.6) is 0 Å². The van der Waals surface area contributed by atoms with Crippen molar-refractivity contribution < 1.29 is 49.3 Å². The quantitative estimate of drug-likeness (QED) is 0.105. The summed E-state index contributed by atoms with van der Waals surface area (Å²) in [5, 5.41) is 63.1. The molecule has 44 heavy (non-hydrogen) atoms. The SMILES string of the molecule is CCCC(O)COCC1=CCC(C)C(C2C(N)CC(NC(=O)C(O)C3CNC3)C(OC3OCC(C)(O)C(NC)C3O)C2O)O1. The van der Waals surface area contributed by atoms with Crippen LogP contribution in [-0.2, 0) is 23.7 Å². The first-order valence-electron chi connectivity index (χ1n) is 16.0. The Morgan fingerprint density at radius 3 is 2.64 bits per heavy atom. The highest BCUT2D eigenvalue weighted by molar-refractivity contribution is 5.81. The lowest BCUT2D eigenvalue weighted by molar-refractivity contribution is -0.298. The van der Waals surface area contributed by atoms with E-state index < -0.39 is 78.5 Å². The van der Waals surface area contributed by atoms with Crippen LogP contribution in [0, 0.1) is 17.8 Å². The fourth-order valence-electron chi connectivity index (χ4n) is 6.84. The van der Waals surface area contributed by atoms with E-state index in [0.717, 1.165) is 6.42 Å². The zero-order valence-corrected chi connectivity index (χ0v) is 26.3. The lowest BCUT2D eigenvalue weighted by Crippen LogP contribution is -2.69. The summed E-state index contributed by atoms with van der Waals surface area (Å²) >= 11 is 0. The van der Waals surface area contributed by atoms with Crippen molar-refractivity contribution in [3.63, 3.8) is 0 Å². The largest absolute Gasteiger partial charge is 0.492 e. The molecule has 0 bridgehead atoms. The van der Waals surface area contributed by atoms with Gasteiger partial charge >= 0.3 is 0 Å². The summed E-state index contributed by atoms with van der Waals surface area (Å²) in [5.41, 5.74) is 5.32. The number of nitrogens with two attached hydrogens (primary N) is 1. The lowest BCUT2D eigenvalue weighted by atomic mass is 9.71. The minimum Gasteiger partial charge on any atom is -0.492 e. The van der Waals surface area contributed by atoms with Gasteiger partial charge in [0.2, 0.25) is 5.91 Å². The van der Waals surface area contributed by atoms with E-state index in [4.69, 9.17) is 24.7 Å². The van der Waals surface area contributed by atoms with Crippen LogP contribution in [0.2, 0.25) is 0 Å². The maximum atomic E-state index is 13.1. The number of allylic oxidation sites excluding steroid dienone is 1. The number of ether oxygens (including phenoxy) is 4. The van der Waals surface area contributed by atoms with Gasteiger partial charge in [0.05, 0.1) is 37.5 Å². The van der Waals surface area contributed by atoms with Crippen LogP contribution in [0.3, 0.4) is 0 Å². The number of likely N-dealkylation sites (N-methyl/N-ethyl adjacent to an activating group) is 1. The van der Waals surface area contributed by atoms with Gasteiger partial charge in [-0.25, -0.2) is 0 Å². The van der Waals surface area contributed by atoms with E-state index >= 15 is 0 Å². The minimum atomic E-state index is -1.37. The van der Waals surface area contributed by atoms with Crippen molar-refractivity contribution in [2.24, 2.45) is 23.5 Å². The van der Waals surface area contributed by atoms with Gasteiger partial charge in [0.15, 0.2) is 6.29 Å². The van der Waals surface area contributed by atoms with Crippen molar-refractivity contribution in [3.05, 3.63) is 11.8 Å². The molecule has 4 rings (SSSR count). The third-order valence-electron chi connectivity index (χ3n) is 9.56. The van der Waals surface area contributed by atoms with Crippen LogP contribution >= 0.6 is 0 Å². The number of hydrogen-bond donors (Lipinski definition) is 9. The van der Waals surface area contributed by atoms with E-state index in [1.54, 1.807) is 14.0 Å². The molecule has 3 fully saturated rings. The molecule has 0 spiro atoms. The van der Waals surface area contributed by atoms with Gasteiger partial charge < -0.3 is 66.2 Å². The molecule has 0 aromatic heterocycles. The lowest BCUT2D eigenvalue weighted by Gasteiger charge is -2.50. The number of aliphatic hydroxyl groups is 5. The summed E-state index contributed by atoms with van der Waals surface area (Å²) in [7, 11) is 1.61. The highest BCUT2D eigenvalue weighted by atomic mass is 16.7.